The molecule has 2 heteroatoms. The molecule has 0 amide bonds. The van der Waals surface area contributed by atoms with Crippen LogP contribution in [0.1, 0.15) is 12.8 Å². The Kier molecular flexibility index (Phi) is 0.280. The third-order valence-corrected chi connectivity index (χ3v) is 2.47. The van der Waals surface area contributed by atoms with Gasteiger partial charge in [-0.05, 0) is 6.42 Å². The molecule has 4 heterocycles. The summed E-state index contributed by atoms with van der Waals surface area (Å²) in [5.74, 6) is 0. The van der Waals surface area contributed by atoms with Gasteiger partial charge in [0.15, 0.2) is 6.04 Å². The lowest BCUT2D eigenvalue weighted by atomic mass is 10.1. The van der Waals surface area contributed by atoms with Crippen LogP contribution in [-0.4, -0.2) is 23.8 Å². The van der Waals surface area contributed by atoms with Crippen LogP contribution >= 0.6 is 0 Å². The highest BCUT2D eigenvalue weighted by molar-refractivity contribution is 4.92. The van der Waals surface area contributed by atoms with E-state index in [4.69, 9.17) is 0 Å². The Hall–Kier alpha value is -0.0800. The third kappa shape index (κ3) is 0.189. The molecule has 4 aliphatic rings. The van der Waals surface area contributed by atoms with Crippen molar-refractivity contribution in [1.29, 1.82) is 0 Å². The molecule has 7 heavy (non-hydrogen) atoms. The SMILES string of the molecule is C1CC2C3N(C1)[NH+]23. The van der Waals surface area contributed by atoms with Crippen molar-refractivity contribution >= 4 is 0 Å². The second-order valence-corrected chi connectivity index (χ2v) is 2.81. The average molecular weight is 97.1 g/mol. The maximum atomic E-state index is 2.54. The number of piperidine rings is 1. The smallest absolute Gasteiger partial charge is 0.216 e. The lowest BCUT2D eigenvalue weighted by molar-refractivity contribution is -0.779. The van der Waals surface area contributed by atoms with Crippen LogP contribution in [0.3, 0.4) is 0 Å². The minimum absolute atomic E-state index is 1.04. The first-order valence-electron chi connectivity index (χ1n) is 3.12. The highest BCUT2D eigenvalue weighted by Gasteiger charge is 2.80. The number of hydrogen-bond acceptors (Lipinski definition) is 1. The molecule has 4 saturated heterocycles. The molecule has 38 valence electrons. The summed E-state index contributed by atoms with van der Waals surface area (Å²) >= 11 is 0. The molecule has 4 rings (SSSR count). The first kappa shape index (κ1) is 3.05. The number of nitrogens with zero attached hydrogens (tertiary/aromatic N) is 1. The molecule has 0 aromatic carbocycles. The van der Waals surface area contributed by atoms with E-state index >= 15 is 0 Å². The van der Waals surface area contributed by atoms with Gasteiger partial charge in [-0.25, -0.2) is 5.01 Å². The Morgan fingerprint density at radius 2 is 2.43 bits per heavy atom. The Balaban J connectivity index is 1.95. The van der Waals surface area contributed by atoms with Crippen molar-refractivity contribution in [2.45, 2.75) is 25.0 Å². The van der Waals surface area contributed by atoms with Crippen LogP contribution in [0.2, 0.25) is 0 Å². The van der Waals surface area contributed by atoms with E-state index in [9.17, 15) is 0 Å². The summed E-state index contributed by atoms with van der Waals surface area (Å²) in [6, 6.07) is 1.11. The predicted molar refractivity (Wildman–Crippen MR) is 24.5 cm³/mol. The second kappa shape index (κ2) is 0.644. The van der Waals surface area contributed by atoms with Crippen molar-refractivity contribution in [2.24, 2.45) is 0 Å². The first-order valence-corrected chi connectivity index (χ1v) is 3.12. The zero-order valence-electron chi connectivity index (χ0n) is 4.22. The van der Waals surface area contributed by atoms with E-state index in [1.165, 1.54) is 19.4 Å². The number of nitrogens with one attached hydrogen (secondary N) is 1. The van der Waals surface area contributed by atoms with Crippen molar-refractivity contribution in [3.8, 4) is 0 Å². The molecular formula is C5H9N2+. The molecule has 4 unspecified atom stereocenters. The van der Waals surface area contributed by atoms with E-state index in [0.29, 0.717) is 0 Å². The van der Waals surface area contributed by atoms with Crippen molar-refractivity contribution in [2.75, 3.05) is 6.54 Å². The molecule has 0 aromatic heterocycles. The number of hydrogen-bond donors (Lipinski definition) is 1. The molecule has 0 aliphatic carbocycles. The molecule has 0 radical (unpaired) electrons. The quantitative estimate of drug-likeness (QED) is 0.365. The van der Waals surface area contributed by atoms with Gasteiger partial charge in [-0.2, -0.15) is 0 Å². The summed E-state index contributed by atoms with van der Waals surface area (Å²) in [7, 11) is 0. The first-order chi connectivity index (χ1) is 3.48. The van der Waals surface area contributed by atoms with Crippen molar-refractivity contribution in [3.05, 3.63) is 0 Å². The van der Waals surface area contributed by atoms with E-state index in [2.05, 4.69) is 5.01 Å². The van der Waals surface area contributed by atoms with Crippen LogP contribution < -0.4 is 5.01 Å². The summed E-state index contributed by atoms with van der Waals surface area (Å²) in [5, 5.41) is 4.33. The van der Waals surface area contributed by atoms with Crippen molar-refractivity contribution < 1.29 is 5.01 Å². The fourth-order valence-corrected chi connectivity index (χ4v) is 1.96. The fourth-order valence-electron chi connectivity index (χ4n) is 1.96. The largest absolute Gasteiger partial charge is 0.258 e. The van der Waals surface area contributed by atoms with Gasteiger partial charge >= 0.3 is 0 Å². The van der Waals surface area contributed by atoms with Gasteiger partial charge < -0.3 is 0 Å². The van der Waals surface area contributed by atoms with Crippen LogP contribution in [0.4, 0.5) is 0 Å². The highest BCUT2D eigenvalue weighted by atomic mass is 16.0. The minimum atomic E-state index is 1.04. The van der Waals surface area contributed by atoms with Gasteiger partial charge in [-0.15, -0.1) is 0 Å². The van der Waals surface area contributed by atoms with E-state index < -0.39 is 0 Å². The minimum Gasteiger partial charge on any atom is -0.216 e. The molecule has 4 aliphatic heterocycles. The van der Waals surface area contributed by atoms with Gasteiger partial charge in [-0.1, -0.05) is 5.01 Å². The Bertz CT molecular complexity index is 89.2. The topological polar surface area (TPSA) is 7.45 Å². The molecule has 0 aromatic rings. The Morgan fingerprint density at radius 1 is 1.57 bits per heavy atom. The number of rotatable bonds is 0. The van der Waals surface area contributed by atoms with Gasteiger partial charge in [-0.3, -0.25) is 0 Å². The van der Waals surface area contributed by atoms with Crippen molar-refractivity contribution in [1.82, 2.24) is 5.01 Å². The van der Waals surface area contributed by atoms with E-state index in [-0.39, 0.29) is 0 Å². The van der Waals surface area contributed by atoms with Gasteiger partial charge in [0.2, 0.25) is 0 Å². The molecule has 0 spiro atoms. The van der Waals surface area contributed by atoms with Gasteiger partial charge in [0.25, 0.3) is 6.17 Å². The van der Waals surface area contributed by atoms with Gasteiger partial charge in [0, 0.05) is 6.42 Å². The molecule has 2 bridgehead atoms. The summed E-state index contributed by atoms with van der Waals surface area (Å²) in [4.78, 5) is 0. The van der Waals surface area contributed by atoms with Gasteiger partial charge in [0.1, 0.15) is 0 Å². The Labute approximate surface area is 42.7 Å². The zero-order chi connectivity index (χ0) is 4.43. The maximum Gasteiger partial charge on any atom is 0.258 e. The number of fused-ring (bicyclic) bond motifs is 2. The lowest BCUT2D eigenvalue weighted by Crippen LogP contribution is -2.88. The normalized spacial score (nSPS) is 72.0. The fraction of sp³-hybridized carbons (Fsp3) is 1.00. The molecule has 2 nitrogen and oxygen atoms in total. The van der Waals surface area contributed by atoms with E-state index in [1.807, 2.05) is 0 Å². The van der Waals surface area contributed by atoms with Gasteiger partial charge in [0.05, 0.1) is 6.54 Å². The monoisotopic (exact) mass is 97.1 g/mol. The molecule has 4 atom stereocenters. The number of quaternary nitrogens is 1. The molecular weight excluding hydrogens is 88.1 g/mol. The Morgan fingerprint density at radius 3 is 2.71 bits per heavy atom. The van der Waals surface area contributed by atoms with Crippen LogP contribution in [0.25, 0.3) is 0 Å². The van der Waals surface area contributed by atoms with Crippen LogP contribution in [0, 0.1) is 0 Å². The summed E-state index contributed by atoms with van der Waals surface area (Å²) in [6.45, 7) is 1.39. The van der Waals surface area contributed by atoms with Crippen LogP contribution in [0.15, 0.2) is 0 Å². The third-order valence-electron chi connectivity index (χ3n) is 2.47. The van der Waals surface area contributed by atoms with Crippen LogP contribution in [0.5, 0.6) is 0 Å². The highest BCUT2D eigenvalue weighted by Crippen LogP contribution is 2.30. The predicted octanol–water partition coefficient (Wildman–Crippen LogP) is -1.40. The lowest BCUT2D eigenvalue weighted by Gasteiger charge is -2.11. The standard InChI is InChI=1S/C5H8N2/c1-2-4-5-6(3-1)7(4)5/h4-5H,1-3H2/p+1. The zero-order valence-corrected chi connectivity index (χ0v) is 4.22. The molecule has 4 fully saturated rings. The van der Waals surface area contributed by atoms with Crippen LogP contribution in [-0.2, 0) is 0 Å². The maximum absolute atomic E-state index is 2.54. The molecule has 0 saturated carbocycles. The van der Waals surface area contributed by atoms with E-state index in [0.717, 1.165) is 12.2 Å². The van der Waals surface area contributed by atoms with Crippen molar-refractivity contribution in [3.63, 3.8) is 0 Å². The molecule has 1 N–H and O–H groups in total. The average Bonchev–Trinajstić information content (AvgIpc) is 2.53. The van der Waals surface area contributed by atoms with E-state index in [1.54, 1.807) is 5.01 Å². The second-order valence-electron chi connectivity index (χ2n) is 2.81. The summed E-state index contributed by atoms with van der Waals surface area (Å²) in [6.07, 6.45) is 4.01. The summed E-state index contributed by atoms with van der Waals surface area (Å²) < 4.78 is 0. The summed E-state index contributed by atoms with van der Waals surface area (Å²) in [5.41, 5.74) is 0.